The highest BCUT2D eigenvalue weighted by molar-refractivity contribution is 5.84. The average molecular weight is 390 g/mol. The summed E-state index contributed by atoms with van der Waals surface area (Å²) in [6.07, 6.45) is 3.18. The number of hydrogen-bond donors (Lipinski definition) is 0. The lowest BCUT2D eigenvalue weighted by atomic mass is 9.67. The van der Waals surface area contributed by atoms with Crippen molar-refractivity contribution in [3.05, 3.63) is 59.7 Å². The fourth-order valence-corrected chi connectivity index (χ4v) is 5.16. The van der Waals surface area contributed by atoms with Crippen molar-refractivity contribution >= 4 is 16.9 Å². The maximum atomic E-state index is 12.8. The number of piperidine rings is 2. The molecule has 0 saturated carbocycles. The van der Waals surface area contributed by atoms with E-state index >= 15 is 0 Å². The van der Waals surface area contributed by atoms with Crippen LogP contribution in [0.1, 0.15) is 36.3 Å². The summed E-state index contributed by atoms with van der Waals surface area (Å²) in [6.45, 7) is 3.79. The van der Waals surface area contributed by atoms with Crippen molar-refractivity contribution in [2.24, 2.45) is 5.41 Å². The maximum Gasteiger partial charge on any atom is 0.229 e. The van der Waals surface area contributed by atoms with Crippen LogP contribution < -0.4 is 0 Å². The van der Waals surface area contributed by atoms with Gasteiger partial charge in [-0.2, -0.15) is 0 Å². The van der Waals surface area contributed by atoms with Gasteiger partial charge in [0.15, 0.2) is 0 Å². The molecule has 0 radical (unpaired) electrons. The Hall–Kier alpha value is -2.73. The maximum absolute atomic E-state index is 12.8. The van der Waals surface area contributed by atoms with Crippen molar-refractivity contribution in [3.8, 4) is 0 Å². The van der Waals surface area contributed by atoms with Crippen LogP contribution in [0.4, 0.5) is 0 Å². The summed E-state index contributed by atoms with van der Waals surface area (Å²) in [7, 11) is 1.96. The van der Waals surface area contributed by atoms with Gasteiger partial charge in [0.1, 0.15) is 11.0 Å². The molecule has 6 nitrogen and oxygen atoms in total. The predicted octanol–water partition coefficient (Wildman–Crippen LogP) is 3.45. The number of carbonyl (C=O) groups is 1. The Morgan fingerprint density at radius 3 is 2.66 bits per heavy atom. The molecule has 3 aromatic rings. The number of rotatable bonds is 3. The van der Waals surface area contributed by atoms with Gasteiger partial charge in [0.25, 0.3) is 0 Å². The molecule has 2 aliphatic rings. The van der Waals surface area contributed by atoms with Crippen molar-refractivity contribution in [2.75, 3.05) is 26.7 Å². The van der Waals surface area contributed by atoms with Crippen LogP contribution in [0.25, 0.3) is 11.0 Å². The van der Waals surface area contributed by atoms with Crippen LogP contribution in [0.2, 0.25) is 0 Å². The van der Waals surface area contributed by atoms with Crippen molar-refractivity contribution in [1.29, 1.82) is 0 Å². The van der Waals surface area contributed by atoms with E-state index in [0.717, 1.165) is 67.6 Å². The first kappa shape index (κ1) is 18.3. The molecule has 6 heteroatoms. The Labute approximate surface area is 170 Å². The average Bonchev–Trinajstić information content (AvgIpc) is 3.23. The second-order valence-corrected chi connectivity index (χ2v) is 8.69. The number of carbonyl (C=O) groups excluding carboxylic acids is 1. The summed E-state index contributed by atoms with van der Waals surface area (Å²) in [5.74, 6) is 0.242. The number of likely N-dealkylation sites (tertiary alicyclic amines) is 2. The lowest BCUT2D eigenvalue weighted by molar-refractivity contribution is -0.139. The Kier molecular flexibility index (Phi) is 4.59. The third-order valence-electron chi connectivity index (χ3n) is 6.77. The van der Waals surface area contributed by atoms with Crippen molar-refractivity contribution in [1.82, 2.24) is 20.1 Å². The Balaban J connectivity index is 1.30. The molecule has 1 aromatic heterocycles. The number of benzene rings is 2. The van der Waals surface area contributed by atoms with Gasteiger partial charge in [0, 0.05) is 20.1 Å². The number of aromatic nitrogens is 2. The number of nitrogens with zero attached hydrogens (tertiary/aromatic N) is 4. The van der Waals surface area contributed by atoms with Crippen LogP contribution in [-0.4, -0.2) is 52.7 Å². The quantitative estimate of drug-likeness (QED) is 0.685. The molecule has 1 unspecified atom stereocenters. The molecule has 150 valence electrons. The molecule has 29 heavy (non-hydrogen) atoms. The summed E-state index contributed by atoms with van der Waals surface area (Å²) in [4.78, 5) is 17.3. The largest absolute Gasteiger partial charge is 0.345 e. The van der Waals surface area contributed by atoms with E-state index in [9.17, 15) is 4.79 Å². The fraction of sp³-hybridized carbons (Fsp3) is 0.435. The zero-order valence-corrected chi connectivity index (χ0v) is 16.8. The van der Waals surface area contributed by atoms with Crippen LogP contribution in [0.15, 0.2) is 53.2 Å². The number of hydrogen-bond acceptors (Lipinski definition) is 5. The molecule has 2 fully saturated rings. The monoisotopic (exact) mass is 390 g/mol. The van der Waals surface area contributed by atoms with Crippen LogP contribution in [0, 0.1) is 5.41 Å². The zero-order chi connectivity index (χ0) is 19.8. The number of amides is 1. The van der Waals surface area contributed by atoms with Gasteiger partial charge in [0.05, 0.1) is 5.92 Å². The highest BCUT2D eigenvalue weighted by Crippen LogP contribution is 2.45. The van der Waals surface area contributed by atoms with Gasteiger partial charge in [-0.3, -0.25) is 9.69 Å². The first-order valence-corrected chi connectivity index (χ1v) is 10.4. The van der Waals surface area contributed by atoms with Crippen LogP contribution in [-0.2, 0) is 11.3 Å². The van der Waals surface area contributed by atoms with Crippen molar-refractivity contribution in [2.45, 2.75) is 31.7 Å². The van der Waals surface area contributed by atoms with Gasteiger partial charge < -0.3 is 4.90 Å². The zero-order valence-electron chi connectivity index (χ0n) is 16.8. The van der Waals surface area contributed by atoms with Crippen molar-refractivity contribution < 1.29 is 9.42 Å². The van der Waals surface area contributed by atoms with Gasteiger partial charge in [0.2, 0.25) is 5.91 Å². The lowest BCUT2D eigenvalue weighted by Crippen LogP contribution is -2.52. The van der Waals surface area contributed by atoms with Crippen LogP contribution in [0.3, 0.4) is 0 Å². The summed E-state index contributed by atoms with van der Waals surface area (Å²) in [5.41, 5.74) is 4.20. The van der Waals surface area contributed by atoms with Gasteiger partial charge in [-0.1, -0.05) is 42.5 Å². The first-order valence-electron chi connectivity index (χ1n) is 10.4. The second kappa shape index (κ2) is 7.26. The summed E-state index contributed by atoms with van der Waals surface area (Å²) in [5, 5.41) is 8.02. The molecule has 1 spiro atoms. The van der Waals surface area contributed by atoms with Crippen molar-refractivity contribution in [3.63, 3.8) is 0 Å². The lowest BCUT2D eigenvalue weighted by Gasteiger charge is -2.49. The first-order chi connectivity index (χ1) is 14.1. The third kappa shape index (κ3) is 3.42. The van der Waals surface area contributed by atoms with E-state index in [1.165, 1.54) is 0 Å². The van der Waals surface area contributed by atoms with Gasteiger partial charge in [-0.25, -0.2) is 4.63 Å². The highest BCUT2D eigenvalue weighted by atomic mass is 16.6. The summed E-state index contributed by atoms with van der Waals surface area (Å²) >= 11 is 0. The van der Waals surface area contributed by atoms with E-state index in [4.69, 9.17) is 4.63 Å². The van der Waals surface area contributed by atoms with Crippen LogP contribution in [0.5, 0.6) is 0 Å². The minimum Gasteiger partial charge on any atom is -0.345 e. The van der Waals surface area contributed by atoms with E-state index in [2.05, 4.69) is 33.4 Å². The molecule has 2 aliphatic heterocycles. The molecule has 3 heterocycles. The molecular weight excluding hydrogens is 364 g/mol. The number of fused-ring (bicyclic) bond motifs is 1. The summed E-state index contributed by atoms with van der Waals surface area (Å²) in [6, 6.07) is 16.3. The predicted molar refractivity (Wildman–Crippen MR) is 110 cm³/mol. The standard InChI is InChI=1S/C23H26N4O2/c1-26-16-23(14-19(22(26)28)17-6-3-2-4-7-17)10-12-27(13-11-23)15-18-8-5-9-20-21(18)25-29-24-20/h2-9,19H,10-16H2,1H3. The molecule has 0 aliphatic carbocycles. The van der Waals surface area contributed by atoms with E-state index in [1.54, 1.807) is 0 Å². The van der Waals surface area contributed by atoms with Gasteiger partial charge >= 0.3 is 0 Å². The Bertz CT molecular complexity index is 1010. The van der Waals surface area contributed by atoms with Gasteiger partial charge in [-0.05, 0) is 65.3 Å². The highest BCUT2D eigenvalue weighted by Gasteiger charge is 2.45. The molecule has 1 amide bonds. The normalized spacial score (nSPS) is 22.4. The minimum absolute atomic E-state index is 0.0172. The molecule has 1 atom stereocenters. The van der Waals surface area contributed by atoms with E-state index < -0.39 is 0 Å². The minimum atomic E-state index is -0.0172. The Morgan fingerprint density at radius 1 is 1.07 bits per heavy atom. The molecule has 5 rings (SSSR count). The molecular formula is C23H26N4O2. The topological polar surface area (TPSA) is 62.5 Å². The third-order valence-corrected chi connectivity index (χ3v) is 6.77. The van der Waals surface area contributed by atoms with E-state index in [0.29, 0.717) is 0 Å². The molecule has 2 saturated heterocycles. The van der Waals surface area contributed by atoms with E-state index in [1.807, 2.05) is 42.3 Å². The second-order valence-electron chi connectivity index (χ2n) is 8.69. The molecule has 0 bridgehead atoms. The Morgan fingerprint density at radius 2 is 1.86 bits per heavy atom. The molecule has 0 N–H and O–H groups in total. The van der Waals surface area contributed by atoms with Gasteiger partial charge in [-0.15, -0.1) is 0 Å². The van der Waals surface area contributed by atoms with E-state index in [-0.39, 0.29) is 17.2 Å². The number of likely N-dealkylation sites (N-methyl/N-ethyl adjacent to an activating group) is 1. The molecule has 2 aromatic carbocycles. The SMILES string of the molecule is CN1CC2(CCN(Cc3cccc4nonc34)CC2)CC(c2ccccc2)C1=O. The summed E-state index contributed by atoms with van der Waals surface area (Å²) < 4.78 is 4.90. The smallest absolute Gasteiger partial charge is 0.229 e. The van der Waals surface area contributed by atoms with Crippen LogP contribution >= 0.6 is 0 Å². The fourth-order valence-electron chi connectivity index (χ4n) is 5.16.